The number of amides is 2. The highest BCUT2D eigenvalue weighted by Gasteiger charge is 2.12. The number of urea groups is 1. The summed E-state index contributed by atoms with van der Waals surface area (Å²) in [6, 6.07) is 13.7. The maximum Gasteiger partial charge on any atom is 0.323 e. The maximum atomic E-state index is 12.8. The Bertz CT molecular complexity index is 1050. The molecule has 0 fully saturated rings. The third kappa shape index (κ3) is 4.38. The number of carbonyl (C=O) groups is 1. The lowest BCUT2D eigenvalue weighted by molar-refractivity contribution is 0.262. The van der Waals surface area contributed by atoms with Crippen molar-refractivity contribution in [2.75, 3.05) is 10.6 Å². The lowest BCUT2D eigenvalue weighted by Gasteiger charge is -2.14. The lowest BCUT2D eigenvalue weighted by atomic mass is 10.1. The second-order valence-electron chi connectivity index (χ2n) is 6.40. The molecule has 7 heteroatoms. The van der Waals surface area contributed by atoms with E-state index in [1.807, 2.05) is 32.0 Å². The molecule has 0 unspecified atom stereocenters. The predicted molar refractivity (Wildman–Crippen MR) is 115 cm³/mol. The zero-order chi connectivity index (χ0) is 20.3. The monoisotopic (exact) mass is 415 g/mol. The van der Waals surface area contributed by atoms with Crippen molar-refractivity contribution in [2.45, 2.75) is 20.4 Å². The van der Waals surface area contributed by atoms with E-state index in [1.54, 1.807) is 36.5 Å². The van der Waals surface area contributed by atoms with Crippen molar-refractivity contribution in [1.29, 1.82) is 0 Å². The molecule has 1 aromatic heterocycles. The van der Waals surface area contributed by atoms with Crippen LogP contribution in [0.1, 0.15) is 16.7 Å². The van der Waals surface area contributed by atoms with Crippen LogP contribution in [-0.2, 0) is 6.54 Å². The van der Waals surface area contributed by atoms with Crippen LogP contribution in [0.3, 0.4) is 0 Å². The van der Waals surface area contributed by atoms with E-state index in [0.29, 0.717) is 15.6 Å². The molecular formula is C21H19Cl2N3O2. The number of nitrogens with zero attached hydrogens (tertiary/aromatic N) is 1. The Balaban J connectivity index is 1.81. The van der Waals surface area contributed by atoms with Gasteiger partial charge < -0.3 is 15.2 Å². The molecule has 0 aliphatic carbocycles. The topological polar surface area (TPSA) is 63.1 Å². The third-order valence-corrected chi connectivity index (χ3v) is 5.09. The van der Waals surface area contributed by atoms with Crippen molar-refractivity contribution in [3.63, 3.8) is 0 Å². The first-order valence-corrected chi connectivity index (χ1v) is 9.39. The minimum atomic E-state index is -0.483. The van der Waals surface area contributed by atoms with Crippen molar-refractivity contribution in [3.8, 4) is 0 Å². The van der Waals surface area contributed by atoms with E-state index >= 15 is 0 Å². The van der Waals surface area contributed by atoms with E-state index in [0.717, 1.165) is 16.8 Å². The van der Waals surface area contributed by atoms with Gasteiger partial charge in [0.15, 0.2) is 0 Å². The van der Waals surface area contributed by atoms with Crippen LogP contribution < -0.4 is 16.2 Å². The van der Waals surface area contributed by atoms with Gasteiger partial charge in [-0.3, -0.25) is 4.79 Å². The molecule has 0 bridgehead atoms. The Morgan fingerprint density at radius 1 is 0.929 bits per heavy atom. The van der Waals surface area contributed by atoms with Crippen molar-refractivity contribution in [2.24, 2.45) is 0 Å². The zero-order valence-electron chi connectivity index (χ0n) is 15.4. The molecule has 0 atom stereocenters. The van der Waals surface area contributed by atoms with E-state index < -0.39 is 6.03 Å². The quantitative estimate of drug-likeness (QED) is 0.593. The van der Waals surface area contributed by atoms with Crippen LogP contribution in [-0.4, -0.2) is 10.6 Å². The van der Waals surface area contributed by atoms with Crippen LogP contribution in [0.2, 0.25) is 10.0 Å². The molecule has 3 rings (SSSR count). The number of aromatic nitrogens is 1. The van der Waals surface area contributed by atoms with E-state index in [4.69, 9.17) is 23.2 Å². The van der Waals surface area contributed by atoms with Gasteiger partial charge in [0.2, 0.25) is 0 Å². The highest BCUT2D eigenvalue weighted by Crippen LogP contribution is 2.25. The smallest absolute Gasteiger partial charge is 0.309 e. The van der Waals surface area contributed by atoms with Gasteiger partial charge in [-0.2, -0.15) is 0 Å². The summed E-state index contributed by atoms with van der Waals surface area (Å²) in [6.07, 6.45) is 1.62. The first kappa shape index (κ1) is 20.0. The number of para-hydroxylation sites is 1. The second-order valence-corrected chi connectivity index (χ2v) is 7.22. The van der Waals surface area contributed by atoms with Gasteiger partial charge in [0, 0.05) is 27.5 Å². The minimum absolute atomic E-state index is 0.161. The molecular weight excluding hydrogens is 397 g/mol. The third-order valence-electron chi connectivity index (χ3n) is 4.38. The number of rotatable bonds is 4. The molecule has 2 N–H and O–H groups in total. The van der Waals surface area contributed by atoms with Gasteiger partial charge in [-0.1, -0.05) is 47.5 Å². The second kappa shape index (κ2) is 8.50. The summed E-state index contributed by atoms with van der Waals surface area (Å²) in [5.74, 6) is 0. The van der Waals surface area contributed by atoms with Gasteiger partial charge in [-0.15, -0.1) is 0 Å². The predicted octanol–water partition coefficient (Wildman–Crippen LogP) is 5.46. The van der Waals surface area contributed by atoms with Gasteiger partial charge in [-0.05, 0) is 49.2 Å². The molecule has 2 amide bonds. The molecule has 144 valence electrons. The Kier molecular flexibility index (Phi) is 6.07. The van der Waals surface area contributed by atoms with E-state index in [-0.39, 0.29) is 17.8 Å². The van der Waals surface area contributed by atoms with Crippen LogP contribution >= 0.6 is 23.2 Å². The Morgan fingerprint density at radius 2 is 1.54 bits per heavy atom. The number of aryl methyl sites for hydroxylation is 2. The summed E-state index contributed by atoms with van der Waals surface area (Å²) in [5, 5.41) is 6.38. The fraction of sp³-hybridized carbons (Fsp3) is 0.143. The highest BCUT2D eigenvalue weighted by atomic mass is 35.5. The number of halogens is 2. The summed E-state index contributed by atoms with van der Waals surface area (Å²) in [5.41, 5.74) is 3.05. The fourth-order valence-corrected chi connectivity index (χ4v) is 3.41. The van der Waals surface area contributed by atoms with E-state index in [9.17, 15) is 9.59 Å². The van der Waals surface area contributed by atoms with Gasteiger partial charge in [-0.25, -0.2) is 4.79 Å². The van der Waals surface area contributed by atoms with Crippen LogP contribution in [0.5, 0.6) is 0 Å². The molecule has 0 aliphatic heterocycles. The molecule has 0 radical (unpaired) electrons. The minimum Gasteiger partial charge on any atom is -0.309 e. The number of anilines is 2. The average Bonchev–Trinajstić information content (AvgIpc) is 2.64. The summed E-state index contributed by atoms with van der Waals surface area (Å²) < 4.78 is 1.45. The molecule has 0 saturated carbocycles. The van der Waals surface area contributed by atoms with Gasteiger partial charge in [0.1, 0.15) is 5.69 Å². The van der Waals surface area contributed by atoms with Crippen LogP contribution in [0.4, 0.5) is 16.2 Å². The summed E-state index contributed by atoms with van der Waals surface area (Å²) >= 11 is 12.4. The van der Waals surface area contributed by atoms with Gasteiger partial charge >= 0.3 is 6.03 Å². The number of pyridine rings is 1. The normalized spacial score (nSPS) is 10.6. The van der Waals surface area contributed by atoms with Crippen molar-refractivity contribution < 1.29 is 4.79 Å². The molecule has 2 aromatic carbocycles. The molecule has 3 aromatic rings. The van der Waals surface area contributed by atoms with Crippen LogP contribution in [0.25, 0.3) is 0 Å². The average molecular weight is 416 g/mol. The molecule has 5 nitrogen and oxygen atoms in total. The first-order chi connectivity index (χ1) is 13.4. The largest absolute Gasteiger partial charge is 0.323 e. The molecule has 1 heterocycles. The SMILES string of the molecule is Cc1cccc(C)c1NC(=O)Nc1cccn(Cc2c(Cl)cccc2Cl)c1=O. The Morgan fingerprint density at radius 3 is 2.18 bits per heavy atom. The standard InChI is InChI=1S/C21H19Cl2N3O2/c1-13-6-3-7-14(2)19(13)25-21(28)24-18-10-5-11-26(20(18)27)12-15-16(22)8-4-9-17(15)23/h3-11H,12H2,1-2H3,(H2,24,25,28). The first-order valence-electron chi connectivity index (χ1n) is 8.63. The van der Waals surface area contributed by atoms with E-state index in [1.165, 1.54) is 4.57 Å². The number of hydrogen-bond donors (Lipinski definition) is 2. The van der Waals surface area contributed by atoms with Crippen LogP contribution in [0.15, 0.2) is 59.5 Å². The highest BCUT2D eigenvalue weighted by molar-refractivity contribution is 6.35. The summed E-state index contributed by atoms with van der Waals surface area (Å²) in [7, 11) is 0. The lowest BCUT2D eigenvalue weighted by Crippen LogP contribution is -2.28. The fourth-order valence-electron chi connectivity index (χ4n) is 2.89. The molecule has 0 aliphatic rings. The molecule has 0 spiro atoms. The number of nitrogens with one attached hydrogen (secondary N) is 2. The number of benzene rings is 2. The van der Waals surface area contributed by atoms with E-state index in [2.05, 4.69) is 10.6 Å². The van der Waals surface area contributed by atoms with Gasteiger partial charge in [0.25, 0.3) is 5.56 Å². The number of hydrogen-bond acceptors (Lipinski definition) is 2. The number of carbonyl (C=O) groups excluding carboxylic acids is 1. The van der Waals surface area contributed by atoms with Crippen molar-refractivity contribution >= 4 is 40.6 Å². The molecule has 28 heavy (non-hydrogen) atoms. The van der Waals surface area contributed by atoms with Crippen molar-refractivity contribution in [3.05, 3.63) is 91.8 Å². The van der Waals surface area contributed by atoms with Crippen LogP contribution in [0, 0.1) is 13.8 Å². The van der Waals surface area contributed by atoms with Gasteiger partial charge in [0.05, 0.1) is 6.54 Å². The maximum absolute atomic E-state index is 12.8. The summed E-state index contributed by atoms with van der Waals surface area (Å²) in [4.78, 5) is 25.2. The summed E-state index contributed by atoms with van der Waals surface area (Å²) in [6.45, 7) is 4.02. The Hall–Kier alpha value is -2.76. The molecule has 0 saturated heterocycles. The van der Waals surface area contributed by atoms with Crippen molar-refractivity contribution in [1.82, 2.24) is 4.57 Å². The zero-order valence-corrected chi connectivity index (χ0v) is 16.9. The Labute approximate surface area is 172 Å².